The molecular formula is C17H14N4O4. The molecule has 0 aliphatic rings. The summed E-state index contributed by atoms with van der Waals surface area (Å²) in [6, 6.07) is 8.63. The molecule has 0 saturated carbocycles. The zero-order valence-electron chi connectivity index (χ0n) is 13.5. The molecule has 0 aliphatic heterocycles. The van der Waals surface area contributed by atoms with Gasteiger partial charge in [-0.1, -0.05) is 6.07 Å². The number of rotatable bonds is 5. The maximum atomic E-state index is 11.5. The molecule has 2 heterocycles. The van der Waals surface area contributed by atoms with Gasteiger partial charge in [-0.05, 0) is 49.2 Å². The van der Waals surface area contributed by atoms with Gasteiger partial charge in [0.2, 0.25) is 0 Å². The maximum Gasteiger partial charge on any atom is 0.393 e. The molecule has 126 valence electrons. The standard InChI is InChI=1S/C17H14N4O4/c1-11-5-6-13(8-12(11)2)24-16-15(21(22)23)17(20-10-19-16)25-14-4-3-7-18-9-14/h3-10H,1-2H3. The number of aromatic nitrogens is 3. The van der Waals surface area contributed by atoms with E-state index in [2.05, 4.69) is 15.0 Å². The van der Waals surface area contributed by atoms with Crippen molar-refractivity contribution in [3.8, 4) is 23.3 Å². The van der Waals surface area contributed by atoms with E-state index in [0.717, 1.165) is 17.5 Å². The minimum atomic E-state index is -0.637. The van der Waals surface area contributed by atoms with E-state index >= 15 is 0 Å². The summed E-state index contributed by atoms with van der Waals surface area (Å²) in [6.45, 7) is 3.89. The number of aryl methyl sites for hydroxylation is 2. The van der Waals surface area contributed by atoms with Crippen molar-refractivity contribution in [2.24, 2.45) is 0 Å². The predicted octanol–water partition coefficient (Wildman–Crippen LogP) is 3.98. The van der Waals surface area contributed by atoms with E-state index in [-0.39, 0.29) is 11.8 Å². The van der Waals surface area contributed by atoms with Gasteiger partial charge in [0.05, 0.1) is 11.1 Å². The predicted molar refractivity (Wildman–Crippen MR) is 89.0 cm³/mol. The first kappa shape index (κ1) is 16.3. The molecule has 8 heteroatoms. The van der Waals surface area contributed by atoms with E-state index in [4.69, 9.17) is 9.47 Å². The Hall–Kier alpha value is -3.55. The van der Waals surface area contributed by atoms with Crippen LogP contribution in [0.15, 0.2) is 49.1 Å². The van der Waals surface area contributed by atoms with Gasteiger partial charge < -0.3 is 9.47 Å². The molecule has 25 heavy (non-hydrogen) atoms. The van der Waals surface area contributed by atoms with Crippen molar-refractivity contribution < 1.29 is 14.4 Å². The normalized spacial score (nSPS) is 10.3. The van der Waals surface area contributed by atoms with Gasteiger partial charge in [0.25, 0.3) is 0 Å². The van der Waals surface area contributed by atoms with Gasteiger partial charge in [-0.2, -0.15) is 9.97 Å². The van der Waals surface area contributed by atoms with Crippen LogP contribution in [-0.2, 0) is 0 Å². The number of nitrogens with zero attached hydrogens (tertiary/aromatic N) is 4. The molecule has 0 spiro atoms. The first-order valence-corrected chi connectivity index (χ1v) is 7.37. The summed E-state index contributed by atoms with van der Waals surface area (Å²) in [5.74, 6) is 0.354. The number of hydrogen-bond acceptors (Lipinski definition) is 7. The van der Waals surface area contributed by atoms with E-state index < -0.39 is 10.6 Å². The van der Waals surface area contributed by atoms with E-state index in [1.807, 2.05) is 19.9 Å². The fourth-order valence-electron chi connectivity index (χ4n) is 2.06. The summed E-state index contributed by atoms with van der Waals surface area (Å²) in [5, 5.41) is 11.5. The Balaban J connectivity index is 1.97. The van der Waals surface area contributed by atoms with Crippen LogP contribution >= 0.6 is 0 Å². The highest BCUT2D eigenvalue weighted by molar-refractivity contribution is 5.52. The lowest BCUT2D eigenvalue weighted by Crippen LogP contribution is -2.01. The van der Waals surface area contributed by atoms with Gasteiger partial charge in [-0.15, -0.1) is 0 Å². The molecule has 3 rings (SSSR count). The molecule has 8 nitrogen and oxygen atoms in total. The minimum Gasteiger partial charge on any atom is -0.433 e. The van der Waals surface area contributed by atoms with Gasteiger partial charge in [-0.25, -0.2) is 0 Å². The molecule has 0 bridgehead atoms. The Morgan fingerprint density at radius 3 is 2.32 bits per heavy atom. The fraction of sp³-hybridized carbons (Fsp3) is 0.118. The Labute approximate surface area is 143 Å². The van der Waals surface area contributed by atoms with Crippen LogP contribution in [0.1, 0.15) is 11.1 Å². The van der Waals surface area contributed by atoms with Crippen LogP contribution in [0.3, 0.4) is 0 Å². The topological polar surface area (TPSA) is 100 Å². The van der Waals surface area contributed by atoms with Crippen molar-refractivity contribution in [3.63, 3.8) is 0 Å². The van der Waals surface area contributed by atoms with Crippen LogP contribution in [0.5, 0.6) is 23.3 Å². The third-order valence-electron chi connectivity index (χ3n) is 3.48. The largest absolute Gasteiger partial charge is 0.433 e. The smallest absolute Gasteiger partial charge is 0.393 e. The summed E-state index contributed by atoms with van der Waals surface area (Å²) in [4.78, 5) is 22.5. The van der Waals surface area contributed by atoms with E-state index in [1.54, 1.807) is 30.5 Å². The van der Waals surface area contributed by atoms with Gasteiger partial charge in [0, 0.05) is 6.20 Å². The van der Waals surface area contributed by atoms with Gasteiger partial charge >= 0.3 is 17.4 Å². The second kappa shape index (κ2) is 6.91. The van der Waals surface area contributed by atoms with Crippen molar-refractivity contribution in [2.75, 3.05) is 0 Å². The number of hydrogen-bond donors (Lipinski definition) is 0. The molecular weight excluding hydrogens is 324 g/mol. The molecule has 0 aliphatic carbocycles. The summed E-state index contributed by atoms with van der Waals surface area (Å²) in [7, 11) is 0. The lowest BCUT2D eigenvalue weighted by atomic mass is 10.1. The lowest BCUT2D eigenvalue weighted by Gasteiger charge is -2.09. The lowest BCUT2D eigenvalue weighted by molar-refractivity contribution is -0.387. The van der Waals surface area contributed by atoms with Gasteiger partial charge in [-0.3, -0.25) is 15.1 Å². The molecule has 0 saturated heterocycles. The first-order chi connectivity index (χ1) is 12.0. The number of nitro groups is 1. The molecule has 0 amide bonds. The van der Waals surface area contributed by atoms with Crippen molar-refractivity contribution in [1.29, 1.82) is 0 Å². The second-order valence-electron chi connectivity index (χ2n) is 5.23. The highest BCUT2D eigenvalue weighted by Crippen LogP contribution is 2.37. The van der Waals surface area contributed by atoms with E-state index in [1.165, 1.54) is 6.20 Å². The summed E-state index contributed by atoms with van der Waals surface area (Å²) >= 11 is 0. The zero-order chi connectivity index (χ0) is 17.8. The van der Waals surface area contributed by atoms with E-state index in [9.17, 15) is 10.1 Å². The van der Waals surface area contributed by atoms with Crippen molar-refractivity contribution >= 4 is 5.69 Å². The molecule has 0 unspecified atom stereocenters. The first-order valence-electron chi connectivity index (χ1n) is 7.37. The molecule has 2 aromatic heterocycles. The van der Waals surface area contributed by atoms with Crippen LogP contribution in [0, 0.1) is 24.0 Å². The Morgan fingerprint density at radius 2 is 1.72 bits per heavy atom. The van der Waals surface area contributed by atoms with E-state index in [0.29, 0.717) is 11.5 Å². The van der Waals surface area contributed by atoms with Crippen LogP contribution in [-0.4, -0.2) is 19.9 Å². The Bertz CT molecular complexity index is 916. The average Bonchev–Trinajstić information content (AvgIpc) is 2.59. The third-order valence-corrected chi connectivity index (χ3v) is 3.48. The Morgan fingerprint density at radius 1 is 1.00 bits per heavy atom. The van der Waals surface area contributed by atoms with Crippen molar-refractivity contribution in [3.05, 3.63) is 70.3 Å². The SMILES string of the molecule is Cc1ccc(Oc2ncnc(Oc3cccnc3)c2[N+](=O)[O-])cc1C. The van der Waals surface area contributed by atoms with Gasteiger partial charge in [0.15, 0.2) is 0 Å². The third kappa shape index (κ3) is 3.69. The summed E-state index contributed by atoms with van der Waals surface area (Å²) in [6.07, 6.45) is 4.14. The maximum absolute atomic E-state index is 11.5. The monoisotopic (exact) mass is 338 g/mol. The Kier molecular flexibility index (Phi) is 4.51. The van der Waals surface area contributed by atoms with Crippen molar-refractivity contribution in [1.82, 2.24) is 15.0 Å². The van der Waals surface area contributed by atoms with Crippen LogP contribution < -0.4 is 9.47 Å². The molecule has 0 radical (unpaired) electrons. The highest BCUT2D eigenvalue weighted by Gasteiger charge is 2.27. The average molecular weight is 338 g/mol. The van der Waals surface area contributed by atoms with Crippen molar-refractivity contribution in [2.45, 2.75) is 13.8 Å². The molecule has 3 aromatic rings. The quantitative estimate of drug-likeness (QED) is 0.512. The van der Waals surface area contributed by atoms with Crippen LogP contribution in [0.4, 0.5) is 5.69 Å². The molecule has 0 fully saturated rings. The van der Waals surface area contributed by atoms with Crippen LogP contribution in [0.25, 0.3) is 0 Å². The number of benzene rings is 1. The zero-order valence-corrected chi connectivity index (χ0v) is 13.5. The summed E-state index contributed by atoms with van der Waals surface area (Å²) in [5.41, 5.74) is 1.63. The number of ether oxygens (including phenoxy) is 2. The fourth-order valence-corrected chi connectivity index (χ4v) is 2.06. The summed E-state index contributed by atoms with van der Waals surface area (Å²) < 4.78 is 11.1. The second-order valence-corrected chi connectivity index (χ2v) is 5.23. The molecule has 0 N–H and O–H groups in total. The molecule has 0 atom stereocenters. The molecule has 1 aromatic carbocycles. The van der Waals surface area contributed by atoms with Crippen LogP contribution in [0.2, 0.25) is 0 Å². The number of pyridine rings is 1. The van der Waals surface area contributed by atoms with Gasteiger partial charge in [0.1, 0.15) is 17.8 Å². The highest BCUT2D eigenvalue weighted by atomic mass is 16.6. The minimum absolute atomic E-state index is 0.192.